The third kappa shape index (κ3) is 9.32. The third-order valence-electron chi connectivity index (χ3n) is 15.6. The fourth-order valence-electron chi connectivity index (χ4n) is 11.8. The zero-order valence-electron chi connectivity index (χ0n) is 39.8. The molecule has 0 bridgehead atoms. The number of benzene rings is 3. The lowest BCUT2D eigenvalue weighted by Crippen LogP contribution is -2.63. The van der Waals surface area contributed by atoms with E-state index in [1.807, 2.05) is 13.0 Å². The molecule has 10 rings (SSSR count). The van der Waals surface area contributed by atoms with Crippen molar-refractivity contribution >= 4 is 44.0 Å². The minimum atomic E-state index is -4.70. The van der Waals surface area contributed by atoms with Crippen LogP contribution in [-0.4, -0.2) is 96.3 Å². The minimum Gasteiger partial charge on any atom is -0.489 e. The number of H-pyrrole nitrogens is 1. The summed E-state index contributed by atoms with van der Waals surface area (Å²) in [6.45, 7) is 12.4. The number of ether oxygens (including phenoxy) is 3. The normalized spacial score (nSPS) is 24.6. The number of pyridine rings is 1. The second kappa shape index (κ2) is 18.4. The number of nitrogens with one attached hydrogen (secondary N) is 3. The van der Waals surface area contributed by atoms with Gasteiger partial charge in [0, 0.05) is 67.7 Å². The Labute approximate surface area is 403 Å². The van der Waals surface area contributed by atoms with Crippen molar-refractivity contribution in [1.82, 2.24) is 19.6 Å². The summed E-state index contributed by atoms with van der Waals surface area (Å²) in [6.07, 6.45) is 10.1. The van der Waals surface area contributed by atoms with Crippen molar-refractivity contribution in [3.63, 3.8) is 0 Å². The molecule has 3 aromatic carbocycles. The lowest BCUT2D eigenvalue weighted by molar-refractivity contribution is -0.384. The number of nitrogens with zero attached hydrogens (tertiary/aromatic N) is 4. The number of nitro groups is 1. The Morgan fingerprint density at radius 3 is 2.52 bits per heavy atom. The number of amides is 1. The number of fused-ring (bicyclic) bond motifs is 2. The topological polar surface area (TPSA) is 201 Å². The molecule has 0 unspecified atom stereocenters. The van der Waals surface area contributed by atoms with Crippen LogP contribution in [0.25, 0.3) is 11.0 Å². The number of aromatic amines is 1. The molecule has 4 N–H and O–H groups in total. The van der Waals surface area contributed by atoms with E-state index in [-0.39, 0.29) is 65.0 Å². The summed E-state index contributed by atoms with van der Waals surface area (Å²) in [7, 11) is -4.70. The van der Waals surface area contributed by atoms with Gasteiger partial charge in [0.25, 0.3) is 27.5 Å². The SMILES string of the molecule is CCOc1nc2[nH]ccc2cc1Oc1cc(N2CCC3(CC2)CN([C@H]2CCC[C@H]2c2ccccc2C(C)C)C3)ccc1C(=O)NS(=O)(=O)c1cc2c(c([N+](=O)[O-])c1)N[C@@H]([C@H]1CC[C@](C)(O)CC1)CO2. The third-order valence-corrected chi connectivity index (χ3v) is 16.9. The van der Waals surface area contributed by atoms with Gasteiger partial charge in [0.05, 0.1) is 33.6 Å². The largest absolute Gasteiger partial charge is 0.489 e. The van der Waals surface area contributed by atoms with Crippen molar-refractivity contribution < 1.29 is 37.5 Å². The number of aliphatic hydroxyl groups is 1. The van der Waals surface area contributed by atoms with Gasteiger partial charge in [-0.25, -0.2) is 13.1 Å². The first-order chi connectivity index (χ1) is 33.1. The van der Waals surface area contributed by atoms with Crippen LogP contribution in [0.3, 0.4) is 0 Å². The summed E-state index contributed by atoms with van der Waals surface area (Å²) in [5, 5.41) is 26.9. The molecule has 16 nitrogen and oxygen atoms in total. The molecule has 0 radical (unpaired) electrons. The Morgan fingerprint density at radius 1 is 1.01 bits per heavy atom. The molecule has 2 saturated carbocycles. The van der Waals surface area contributed by atoms with E-state index in [2.05, 4.69) is 67.9 Å². The van der Waals surface area contributed by atoms with Crippen LogP contribution in [0.15, 0.2) is 77.8 Å². The molecule has 3 atom stereocenters. The standard InChI is InChI=1S/C52H63N7O9S/c1-5-66-50-46(25-34-17-22-53-48(34)55-50)68-44-26-35(57-23-20-52(21-24-57)30-58(31-52)42-12-8-11-39(42)38-10-7-6-9-37(38)32(2)3)13-14-40(44)49(60)56-69(64,65)36-27-43(59(62)63)47-45(28-36)67-29-41(54-47)33-15-18-51(4,61)19-16-33/h6-7,9-10,13-14,17,22,25-28,32-33,39,41-42,54,61H,5,8,11-12,15-16,18-21,23-24,29-31H2,1-4H3,(H,53,55)(H,56,60)/t33-,39-,41+,42-,51-/m0/s1. The van der Waals surface area contributed by atoms with E-state index in [0.29, 0.717) is 49.2 Å². The van der Waals surface area contributed by atoms with Gasteiger partial charge in [-0.1, -0.05) is 44.5 Å². The molecule has 69 heavy (non-hydrogen) atoms. The molecule has 2 aromatic heterocycles. The minimum absolute atomic E-state index is 0.00591. The molecular formula is C52H63N7O9S. The lowest BCUT2D eigenvalue weighted by Gasteiger charge is -2.57. The molecule has 5 aromatic rings. The van der Waals surface area contributed by atoms with Crippen LogP contribution < -0.4 is 29.1 Å². The predicted octanol–water partition coefficient (Wildman–Crippen LogP) is 9.26. The van der Waals surface area contributed by atoms with Gasteiger partial charge in [-0.05, 0) is 124 Å². The van der Waals surface area contributed by atoms with E-state index < -0.39 is 37.0 Å². The Bertz CT molecular complexity index is 2860. The Kier molecular flexibility index (Phi) is 12.5. The van der Waals surface area contributed by atoms with Crippen molar-refractivity contribution in [2.75, 3.05) is 49.6 Å². The van der Waals surface area contributed by atoms with Crippen LogP contribution in [0.2, 0.25) is 0 Å². The van der Waals surface area contributed by atoms with Gasteiger partial charge in [-0.15, -0.1) is 0 Å². The van der Waals surface area contributed by atoms with E-state index in [1.54, 1.807) is 37.4 Å². The number of anilines is 2. The number of rotatable bonds is 13. The Morgan fingerprint density at radius 2 is 1.78 bits per heavy atom. The summed E-state index contributed by atoms with van der Waals surface area (Å²) in [4.78, 5) is 38.3. The molecule has 4 fully saturated rings. The van der Waals surface area contributed by atoms with Crippen molar-refractivity contribution in [2.24, 2.45) is 11.3 Å². The fraction of sp³-hybridized carbons (Fsp3) is 0.500. The Hall–Kier alpha value is -5.91. The van der Waals surface area contributed by atoms with Gasteiger partial charge in [-0.2, -0.15) is 4.98 Å². The molecule has 1 amide bonds. The smallest absolute Gasteiger partial charge is 0.297 e. The van der Waals surface area contributed by atoms with Crippen LogP contribution in [0.4, 0.5) is 17.1 Å². The van der Waals surface area contributed by atoms with Crippen molar-refractivity contribution in [3.8, 4) is 23.1 Å². The number of carbonyl (C=O) groups excluding carboxylic acids is 1. The van der Waals surface area contributed by atoms with Crippen LogP contribution in [0, 0.1) is 21.4 Å². The second-order valence-corrected chi connectivity index (χ2v) is 22.3. The number of piperidine rings is 1. The van der Waals surface area contributed by atoms with Crippen LogP contribution in [0.1, 0.15) is 119 Å². The summed E-state index contributed by atoms with van der Waals surface area (Å²) in [5.41, 5.74) is 3.38. The summed E-state index contributed by atoms with van der Waals surface area (Å²) < 4.78 is 48.7. The molecule has 3 aliphatic heterocycles. The number of carbonyl (C=O) groups is 1. The van der Waals surface area contributed by atoms with Crippen molar-refractivity contribution in [1.29, 1.82) is 0 Å². The van der Waals surface area contributed by atoms with Gasteiger partial charge >= 0.3 is 0 Å². The summed E-state index contributed by atoms with van der Waals surface area (Å²) in [6, 6.07) is 20.1. The molecular weight excluding hydrogens is 899 g/mol. The number of likely N-dealkylation sites (tertiary alicyclic amines) is 1. The molecule has 17 heteroatoms. The predicted molar refractivity (Wildman–Crippen MR) is 263 cm³/mol. The number of aromatic nitrogens is 2. The maximum absolute atomic E-state index is 14.3. The lowest BCUT2D eigenvalue weighted by atomic mass is 9.70. The highest BCUT2D eigenvalue weighted by molar-refractivity contribution is 7.90. The first-order valence-corrected chi connectivity index (χ1v) is 26.1. The quantitative estimate of drug-likeness (QED) is 0.0643. The van der Waals surface area contributed by atoms with E-state index >= 15 is 0 Å². The molecule has 1 spiro atoms. The van der Waals surface area contributed by atoms with Gasteiger partial charge in [0.2, 0.25) is 0 Å². The first kappa shape index (κ1) is 46.8. The second-order valence-electron chi connectivity index (χ2n) is 20.6. The average molecular weight is 962 g/mol. The highest BCUT2D eigenvalue weighted by Gasteiger charge is 2.49. The molecule has 366 valence electrons. The highest BCUT2D eigenvalue weighted by Crippen LogP contribution is 2.49. The Balaban J connectivity index is 0.881. The molecule has 2 saturated heterocycles. The highest BCUT2D eigenvalue weighted by atomic mass is 32.2. The monoisotopic (exact) mass is 961 g/mol. The number of nitro benzene ring substituents is 1. The number of hydrogen-bond donors (Lipinski definition) is 4. The molecule has 5 aliphatic rings. The van der Waals surface area contributed by atoms with Gasteiger partial charge in [-0.3, -0.25) is 19.8 Å². The van der Waals surface area contributed by atoms with Crippen molar-refractivity contribution in [3.05, 3.63) is 99.7 Å². The maximum Gasteiger partial charge on any atom is 0.297 e. The average Bonchev–Trinajstić information content (AvgIpc) is 4.00. The van der Waals surface area contributed by atoms with Crippen LogP contribution in [-0.2, 0) is 10.0 Å². The first-order valence-electron chi connectivity index (χ1n) is 24.6. The summed E-state index contributed by atoms with van der Waals surface area (Å²) >= 11 is 0. The van der Waals surface area contributed by atoms with Gasteiger partial charge < -0.3 is 34.5 Å². The van der Waals surface area contributed by atoms with E-state index in [0.717, 1.165) is 56.2 Å². The molecule has 2 aliphatic carbocycles. The zero-order valence-corrected chi connectivity index (χ0v) is 40.6. The van der Waals surface area contributed by atoms with E-state index in [9.17, 15) is 28.4 Å². The van der Waals surface area contributed by atoms with Crippen LogP contribution in [0.5, 0.6) is 23.1 Å². The van der Waals surface area contributed by atoms with E-state index in [4.69, 9.17) is 14.2 Å². The van der Waals surface area contributed by atoms with Crippen LogP contribution >= 0.6 is 0 Å². The van der Waals surface area contributed by atoms with E-state index in [1.165, 1.54) is 36.5 Å². The fourth-order valence-corrected chi connectivity index (χ4v) is 12.8. The maximum atomic E-state index is 14.3. The van der Waals surface area contributed by atoms with Gasteiger partial charge in [0.15, 0.2) is 17.2 Å². The number of hydrogen-bond acceptors (Lipinski definition) is 13. The summed E-state index contributed by atoms with van der Waals surface area (Å²) in [5.74, 6) is 0.660. The van der Waals surface area contributed by atoms with Gasteiger partial charge in [0.1, 0.15) is 18.0 Å². The van der Waals surface area contributed by atoms with Crippen molar-refractivity contribution in [2.45, 2.75) is 120 Å². The zero-order chi connectivity index (χ0) is 48.2. The molecule has 5 heterocycles. The number of sulfonamides is 1.